The normalized spacial score (nSPS) is 7.18. The molecule has 0 N–H and O–H groups in total. The van der Waals surface area contributed by atoms with E-state index in [1.807, 2.05) is 33.8 Å². The van der Waals surface area contributed by atoms with Crippen LogP contribution < -0.4 is 0 Å². The molecule has 0 aliphatic heterocycles. The average Bonchev–Trinajstić information content (AvgIpc) is 2.12. The zero-order valence-electron chi connectivity index (χ0n) is 9.15. The lowest BCUT2D eigenvalue weighted by atomic mass is 10.5. The van der Waals surface area contributed by atoms with Gasteiger partial charge < -0.3 is 4.90 Å². The van der Waals surface area contributed by atoms with Gasteiger partial charge >= 0.3 is 0 Å². The minimum atomic E-state index is 0.997. The first kappa shape index (κ1) is 17.0. The molecule has 0 radical (unpaired) electrons. The van der Waals surface area contributed by atoms with Crippen LogP contribution in [-0.2, 0) is 0 Å². The standard InChI is InChI=1S/C6H13N.2C2H6/c1-4-6-7(3)5-2;2*1-2/h4H,1,5-6H2,2-3H3;2*1-2H3. The lowest BCUT2D eigenvalue weighted by Gasteiger charge is -2.08. The summed E-state index contributed by atoms with van der Waals surface area (Å²) in [5, 5.41) is 0. The van der Waals surface area contributed by atoms with Crippen molar-refractivity contribution in [1.82, 2.24) is 4.90 Å². The van der Waals surface area contributed by atoms with Crippen LogP contribution in [-0.4, -0.2) is 25.0 Å². The van der Waals surface area contributed by atoms with Crippen LogP contribution in [0.1, 0.15) is 34.6 Å². The Kier molecular flexibility index (Phi) is 34.9. The van der Waals surface area contributed by atoms with Crippen molar-refractivity contribution in [1.29, 1.82) is 0 Å². The Bertz CT molecular complexity index is 50.8. The molecule has 0 spiro atoms. The predicted octanol–water partition coefficient (Wildman–Crippen LogP) is 3.18. The number of rotatable bonds is 3. The van der Waals surface area contributed by atoms with Crippen LogP contribution in [0.15, 0.2) is 12.7 Å². The molecule has 0 atom stereocenters. The molecule has 11 heavy (non-hydrogen) atoms. The van der Waals surface area contributed by atoms with E-state index in [-0.39, 0.29) is 0 Å². The van der Waals surface area contributed by atoms with Crippen LogP contribution in [0.5, 0.6) is 0 Å². The van der Waals surface area contributed by atoms with Gasteiger partial charge in [0.1, 0.15) is 0 Å². The van der Waals surface area contributed by atoms with Gasteiger partial charge in [0.05, 0.1) is 0 Å². The fraction of sp³-hybridized carbons (Fsp3) is 0.800. The first-order chi connectivity index (χ1) is 5.31. The largest absolute Gasteiger partial charge is 0.303 e. The van der Waals surface area contributed by atoms with Crippen molar-refractivity contribution in [2.24, 2.45) is 0 Å². The summed E-state index contributed by atoms with van der Waals surface area (Å²) in [7, 11) is 2.07. The van der Waals surface area contributed by atoms with Gasteiger partial charge in [0.25, 0.3) is 0 Å². The third-order valence-corrected chi connectivity index (χ3v) is 0.981. The highest BCUT2D eigenvalue weighted by Gasteiger charge is 1.83. The van der Waals surface area contributed by atoms with E-state index < -0.39 is 0 Å². The Morgan fingerprint density at radius 1 is 1.18 bits per heavy atom. The van der Waals surface area contributed by atoms with Crippen molar-refractivity contribution >= 4 is 0 Å². The first-order valence-electron chi connectivity index (χ1n) is 4.60. The molecule has 0 aromatic rings. The monoisotopic (exact) mass is 159 g/mol. The van der Waals surface area contributed by atoms with E-state index in [0.29, 0.717) is 0 Å². The number of likely N-dealkylation sites (N-methyl/N-ethyl adjacent to an activating group) is 1. The van der Waals surface area contributed by atoms with Gasteiger partial charge in [0.2, 0.25) is 0 Å². The fourth-order valence-corrected chi connectivity index (χ4v) is 0.349. The maximum atomic E-state index is 3.61. The molecule has 0 fully saturated rings. The van der Waals surface area contributed by atoms with Crippen molar-refractivity contribution < 1.29 is 0 Å². The maximum absolute atomic E-state index is 3.61. The van der Waals surface area contributed by atoms with Crippen molar-refractivity contribution in [3.63, 3.8) is 0 Å². The Labute approximate surface area is 73.1 Å². The van der Waals surface area contributed by atoms with Crippen molar-refractivity contribution in [3.8, 4) is 0 Å². The van der Waals surface area contributed by atoms with Crippen LogP contribution in [0.25, 0.3) is 0 Å². The SMILES string of the molecule is C=CCN(C)CC.CC.CC. The Morgan fingerprint density at radius 3 is 1.64 bits per heavy atom. The van der Waals surface area contributed by atoms with Gasteiger partial charge in [-0.2, -0.15) is 0 Å². The second-order valence-corrected chi connectivity index (χ2v) is 1.64. The van der Waals surface area contributed by atoms with E-state index in [2.05, 4.69) is 25.5 Å². The Morgan fingerprint density at radius 2 is 1.55 bits per heavy atom. The zero-order chi connectivity index (χ0) is 9.70. The fourth-order valence-electron chi connectivity index (χ4n) is 0.349. The predicted molar refractivity (Wildman–Crippen MR) is 56.1 cm³/mol. The molecule has 0 aromatic carbocycles. The molecule has 0 unspecified atom stereocenters. The van der Waals surface area contributed by atoms with E-state index in [1.54, 1.807) is 0 Å². The summed E-state index contributed by atoms with van der Waals surface area (Å²) >= 11 is 0. The number of hydrogen-bond donors (Lipinski definition) is 0. The van der Waals surface area contributed by atoms with E-state index in [0.717, 1.165) is 13.1 Å². The minimum absolute atomic E-state index is 0.997. The van der Waals surface area contributed by atoms with Crippen molar-refractivity contribution in [2.75, 3.05) is 20.1 Å². The van der Waals surface area contributed by atoms with Crippen LogP contribution in [0.4, 0.5) is 0 Å². The summed E-state index contributed by atoms with van der Waals surface area (Å²) in [5.74, 6) is 0. The first-order valence-corrected chi connectivity index (χ1v) is 4.60. The quantitative estimate of drug-likeness (QED) is 0.572. The molecule has 0 aliphatic rings. The minimum Gasteiger partial charge on any atom is -0.303 e. The van der Waals surface area contributed by atoms with Crippen molar-refractivity contribution in [2.45, 2.75) is 34.6 Å². The highest BCUT2D eigenvalue weighted by atomic mass is 15.1. The maximum Gasteiger partial charge on any atom is 0.0157 e. The molecule has 0 saturated carbocycles. The summed E-state index contributed by atoms with van der Waals surface area (Å²) in [4.78, 5) is 2.19. The lowest BCUT2D eigenvalue weighted by molar-refractivity contribution is 0.392. The molecule has 0 aliphatic carbocycles. The van der Waals surface area contributed by atoms with Crippen LogP contribution in [0.3, 0.4) is 0 Å². The van der Waals surface area contributed by atoms with Crippen LogP contribution in [0, 0.1) is 0 Å². The Balaban J connectivity index is -0.000000138. The number of hydrogen-bond acceptors (Lipinski definition) is 1. The summed E-state index contributed by atoms with van der Waals surface area (Å²) in [6, 6.07) is 0. The molecule has 0 amide bonds. The van der Waals surface area contributed by atoms with Gasteiger partial charge in [-0.25, -0.2) is 0 Å². The summed E-state index contributed by atoms with van der Waals surface area (Å²) in [6.07, 6.45) is 1.91. The third-order valence-electron chi connectivity index (χ3n) is 0.981. The van der Waals surface area contributed by atoms with E-state index in [4.69, 9.17) is 0 Å². The van der Waals surface area contributed by atoms with Crippen LogP contribution >= 0.6 is 0 Å². The smallest absolute Gasteiger partial charge is 0.0157 e. The van der Waals surface area contributed by atoms with E-state index in [1.165, 1.54) is 0 Å². The Hall–Kier alpha value is -0.300. The van der Waals surface area contributed by atoms with Gasteiger partial charge in [-0.15, -0.1) is 6.58 Å². The summed E-state index contributed by atoms with van der Waals surface area (Å²) in [6.45, 7) is 15.8. The molecule has 0 heterocycles. The summed E-state index contributed by atoms with van der Waals surface area (Å²) in [5.41, 5.74) is 0. The molecule has 0 aromatic heterocycles. The topological polar surface area (TPSA) is 3.24 Å². The van der Waals surface area contributed by atoms with E-state index >= 15 is 0 Å². The van der Waals surface area contributed by atoms with Gasteiger partial charge in [-0.3, -0.25) is 0 Å². The van der Waals surface area contributed by atoms with Gasteiger partial charge in [-0.1, -0.05) is 40.7 Å². The second-order valence-electron chi connectivity index (χ2n) is 1.64. The van der Waals surface area contributed by atoms with Gasteiger partial charge in [0.15, 0.2) is 0 Å². The molecule has 70 valence electrons. The molecule has 0 bridgehead atoms. The highest BCUT2D eigenvalue weighted by molar-refractivity contribution is 4.69. The average molecular weight is 159 g/mol. The second kappa shape index (κ2) is 22.6. The molecule has 1 heteroatoms. The molecule has 1 nitrogen and oxygen atoms in total. The molecule has 0 rings (SSSR count). The molecular weight excluding hydrogens is 134 g/mol. The molecular formula is C10H25N. The van der Waals surface area contributed by atoms with E-state index in [9.17, 15) is 0 Å². The third kappa shape index (κ3) is 26.0. The zero-order valence-corrected chi connectivity index (χ0v) is 9.15. The summed E-state index contributed by atoms with van der Waals surface area (Å²) < 4.78 is 0. The highest BCUT2D eigenvalue weighted by Crippen LogP contribution is 1.77. The van der Waals surface area contributed by atoms with Gasteiger partial charge in [-0.05, 0) is 13.6 Å². The van der Waals surface area contributed by atoms with Gasteiger partial charge in [0, 0.05) is 6.54 Å². The van der Waals surface area contributed by atoms with Crippen molar-refractivity contribution in [3.05, 3.63) is 12.7 Å². The lowest BCUT2D eigenvalue weighted by Crippen LogP contribution is -2.16. The molecule has 0 saturated heterocycles. The van der Waals surface area contributed by atoms with Crippen LogP contribution in [0.2, 0.25) is 0 Å². The number of nitrogens with zero attached hydrogens (tertiary/aromatic N) is 1.